The number of unbranched alkanes of at least 4 members (excludes halogenated alkanes) is 1. The fourth-order valence-electron chi connectivity index (χ4n) is 2.72. The minimum absolute atomic E-state index is 0.105. The van der Waals surface area contributed by atoms with E-state index in [4.69, 9.17) is 0 Å². The number of benzene rings is 1. The Bertz CT molecular complexity index is 672. The van der Waals surface area contributed by atoms with Crippen LogP contribution >= 0.6 is 0 Å². The van der Waals surface area contributed by atoms with Gasteiger partial charge in [0.15, 0.2) is 0 Å². The monoisotopic (exact) mass is 316 g/mol. The van der Waals surface area contributed by atoms with Gasteiger partial charge in [-0.2, -0.15) is 0 Å². The highest BCUT2D eigenvalue weighted by atomic mass is 16.5. The van der Waals surface area contributed by atoms with E-state index >= 15 is 0 Å². The molecule has 2 rings (SSSR count). The van der Waals surface area contributed by atoms with E-state index in [0.717, 1.165) is 0 Å². The number of aliphatic hydroxyl groups excluding tert-OH is 1. The molecule has 5 heteroatoms. The van der Waals surface area contributed by atoms with Gasteiger partial charge in [0.1, 0.15) is 5.76 Å². The van der Waals surface area contributed by atoms with Gasteiger partial charge in [0, 0.05) is 16.7 Å². The highest BCUT2D eigenvalue weighted by Gasteiger charge is 2.31. The molecule has 0 saturated heterocycles. The third-order valence-corrected chi connectivity index (χ3v) is 4.11. The molecule has 0 spiro atoms. The second-order valence-corrected chi connectivity index (χ2v) is 5.70. The summed E-state index contributed by atoms with van der Waals surface area (Å²) < 4.78 is 4.66. The Labute approximate surface area is 135 Å². The number of carbonyl (C=O) groups excluding carboxylic acids is 3. The van der Waals surface area contributed by atoms with Crippen molar-refractivity contribution in [3.8, 4) is 0 Å². The summed E-state index contributed by atoms with van der Waals surface area (Å²) in [5.41, 5.74) is 0.826. The van der Waals surface area contributed by atoms with Crippen LogP contribution in [0.25, 0.3) is 5.76 Å². The van der Waals surface area contributed by atoms with E-state index in [1.54, 1.807) is 31.2 Å². The van der Waals surface area contributed by atoms with Crippen molar-refractivity contribution in [3.63, 3.8) is 0 Å². The van der Waals surface area contributed by atoms with Crippen LogP contribution in [0.15, 0.2) is 29.8 Å². The molecular weight excluding hydrogens is 296 g/mol. The highest BCUT2D eigenvalue weighted by Crippen LogP contribution is 2.30. The molecule has 0 amide bonds. The Balaban J connectivity index is 2.04. The van der Waals surface area contributed by atoms with Crippen LogP contribution < -0.4 is 0 Å². The summed E-state index contributed by atoms with van der Waals surface area (Å²) in [5, 5.41) is 10.3. The van der Waals surface area contributed by atoms with Crippen LogP contribution in [0.5, 0.6) is 0 Å². The number of esters is 1. The molecule has 1 unspecified atom stereocenters. The van der Waals surface area contributed by atoms with Crippen LogP contribution in [-0.2, 0) is 14.3 Å². The van der Waals surface area contributed by atoms with Gasteiger partial charge in [0.25, 0.3) is 0 Å². The standard InChI is InChI=1S/C18H20O5/c1-11(18(22)23-2)7-3-4-10-14-15(19)12-8-5-6-9-13(12)16(20)17(14)21/h5-6,8-9,11,19H,3-4,7,10H2,1-2H3. The van der Waals surface area contributed by atoms with Crippen molar-refractivity contribution < 1.29 is 24.2 Å². The normalized spacial score (nSPS) is 15.4. The Kier molecular flexibility index (Phi) is 5.32. The highest BCUT2D eigenvalue weighted by molar-refractivity contribution is 6.52. The molecule has 0 aromatic heterocycles. The maximum atomic E-state index is 12.1. The first kappa shape index (κ1) is 16.9. The van der Waals surface area contributed by atoms with E-state index < -0.39 is 11.6 Å². The molecule has 0 aliphatic heterocycles. The third kappa shape index (κ3) is 3.50. The zero-order valence-electron chi connectivity index (χ0n) is 13.3. The average molecular weight is 316 g/mol. The number of rotatable bonds is 6. The molecule has 0 saturated carbocycles. The quantitative estimate of drug-likeness (QED) is 0.495. The molecule has 5 nitrogen and oxygen atoms in total. The number of methoxy groups -OCH3 is 1. The lowest BCUT2D eigenvalue weighted by molar-refractivity contribution is -0.145. The Hall–Kier alpha value is -2.43. The average Bonchev–Trinajstić information content (AvgIpc) is 2.58. The predicted octanol–water partition coefficient (Wildman–Crippen LogP) is 3.09. The van der Waals surface area contributed by atoms with Gasteiger partial charge in [-0.3, -0.25) is 14.4 Å². The van der Waals surface area contributed by atoms with Crippen molar-refractivity contribution in [2.75, 3.05) is 7.11 Å². The number of aliphatic hydroxyl groups is 1. The third-order valence-electron chi connectivity index (χ3n) is 4.11. The zero-order valence-corrected chi connectivity index (χ0v) is 13.3. The minimum Gasteiger partial charge on any atom is -0.507 e. The van der Waals surface area contributed by atoms with Gasteiger partial charge in [-0.05, 0) is 19.3 Å². The van der Waals surface area contributed by atoms with Crippen molar-refractivity contribution in [1.82, 2.24) is 0 Å². The number of ketones is 2. The summed E-state index contributed by atoms with van der Waals surface area (Å²) in [6.45, 7) is 1.79. The van der Waals surface area contributed by atoms with Crippen LogP contribution in [0.1, 0.15) is 48.5 Å². The van der Waals surface area contributed by atoms with Crippen molar-refractivity contribution in [1.29, 1.82) is 0 Å². The maximum Gasteiger partial charge on any atom is 0.308 e. The second kappa shape index (κ2) is 7.22. The van der Waals surface area contributed by atoms with Crippen LogP contribution in [0, 0.1) is 5.92 Å². The fourth-order valence-corrected chi connectivity index (χ4v) is 2.72. The number of fused-ring (bicyclic) bond motifs is 1. The summed E-state index contributed by atoms with van der Waals surface area (Å²) in [6.07, 6.45) is 2.27. The lowest BCUT2D eigenvalue weighted by atomic mass is 9.86. The van der Waals surface area contributed by atoms with E-state index in [-0.39, 0.29) is 28.8 Å². The molecule has 1 aromatic carbocycles. The molecule has 1 N–H and O–H groups in total. The van der Waals surface area contributed by atoms with Crippen molar-refractivity contribution in [3.05, 3.63) is 41.0 Å². The topological polar surface area (TPSA) is 80.7 Å². The van der Waals surface area contributed by atoms with E-state index in [9.17, 15) is 19.5 Å². The summed E-state index contributed by atoms with van der Waals surface area (Å²) in [4.78, 5) is 35.5. The molecule has 122 valence electrons. The maximum absolute atomic E-state index is 12.1. The molecule has 0 heterocycles. The molecule has 0 radical (unpaired) electrons. The van der Waals surface area contributed by atoms with Crippen LogP contribution in [0.3, 0.4) is 0 Å². The lowest BCUT2D eigenvalue weighted by Crippen LogP contribution is -2.24. The number of hydrogen-bond acceptors (Lipinski definition) is 5. The van der Waals surface area contributed by atoms with E-state index in [1.807, 2.05) is 0 Å². The van der Waals surface area contributed by atoms with Gasteiger partial charge in [0.05, 0.1) is 13.0 Å². The van der Waals surface area contributed by atoms with Crippen LogP contribution in [0.4, 0.5) is 0 Å². The zero-order chi connectivity index (χ0) is 17.0. The lowest BCUT2D eigenvalue weighted by Gasteiger charge is -2.17. The molecule has 0 fully saturated rings. The first-order valence-corrected chi connectivity index (χ1v) is 7.65. The second-order valence-electron chi connectivity index (χ2n) is 5.70. The van der Waals surface area contributed by atoms with Crippen molar-refractivity contribution >= 4 is 23.3 Å². The van der Waals surface area contributed by atoms with Crippen LogP contribution in [-0.4, -0.2) is 29.8 Å². The number of carbonyl (C=O) groups is 3. The van der Waals surface area contributed by atoms with Gasteiger partial charge in [-0.1, -0.05) is 37.6 Å². The number of allylic oxidation sites excluding steroid dienone is 1. The molecule has 1 aliphatic carbocycles. The number of Topliss-reactive ketones (excluding diaryl/α,β-unsaturated/α-hetero) is 2. The summed E-state index contributed by atoms with van der Waals surface area (Å²) >= 11 is 0. The molecule has 1 aromatic rings. The van der Waals surface area contributed by atoms with E-state index in [0.29, 0.717) is 31.2 Å². The summed E-state index contributed by atoms with van der Waals surface area (Å²) in [7, 11) is 1.35. The molecule has 23 heavy (non-hydrogen) atoms. The van der Waals surface area contributed by atoms with Gasteiger partial charge >= 0.3 is 5.97 Å². The summed E-state index contributed by atoms with van der Waals surface area (Å²) in [5.74, 6) is -1.78. The first-order valence-electron chi connectivity index (χ1n) is 7.65. The Morgan fingerprint density at radius 2 is 1.78 bits per heavy atom. The predicted molar refractivity (Wildman–Crippen MR) is 85.0 cm³/mol. The SMILES string of the molecule is COC(=O)C(C)CCCCC1=C(O)c2ccccc2C(=O)C1=O. The molecule has 1 atom stereocenters. The van der Waals surface area contributed by atoms with Gasteiger partial charge < -0.3 is 9.84 Å². The molecular formula is C18H20O5. The smallest absolute Gasteiger partial charge is 0.308 e. The van der Waals surface area contributed by atoms with Gasteiger partial charge in [-0.25, -0.2) is 0 Å². The largest absolute Gasteiger partial charge is 0.507 e. The first-order chi connectivity index (χ1) is 11.0. The molecule has 1 aliphatic rings. The van der Waals surface area contributed by atoms with E-state index in [2.05, 4.69) is 4.74 Å². The van der Waals surface area contributed by atoms with Crippen molar-refractivity contribution in [2.45, 2.75) is 32.6 Å². The van der Waals surface area contributed by atoms with Crippen LogP contribution in [0.2, 0.25) is 0 Å². The number of hydrogen-bond donors (Lipinski definition) is 1. The van der Waals surface area contributed by atoms with Crippen molar-refractivity contribution in [2.24, 2.45) is 5.92 Å². The van der Waals surface area contributed by atoms with E-state index in [1.165, 1.54) is 7.11 Å². The fraction of sp³-hybridized carbons (Fsp3) is 0.389. The summed E-state index contributed by atoms with van der Waals surface area (Å²) in [6, 6.07) is 6.55. The van der Waals surface area contributed by atoms with Gasteiger partial charge in [-0.15, -0.1) is 0 Å². The Morgan fingerprint density at radius 3 is 2.43 bits per heavy atom. The Morgan fingerprint density at radius 1 is 1.13 bits per heavy atom. The van der Waals surface area contributed by atoms with Gasteiger partial charge in [0.2, 0.25) is 11.6 Å². The molecule has 0 bridgehead atoms. The number of ether oxygens (including phenoxy) is 1. The minimum atomic E-state index is -0.637.